The normalized spacial score (nSPS) is 21.5. The molecule has 2 saturated heterocycles. The smallest absolute Gasteiger partial charge is 0.291 e. The molecule has 2 heterocycles. The minimum absolute atomic E-state index is 0.204. The third kappa shape index (κ3) is 4.96. The number of rotatable bonds is 8. The van der Waals surface area contributed by atoms with Gasteiger partial charge < -0.3 is 19.3 Å². The average Bonchev–Trinajstić information content (AvgIpc) is 3.10. The van der Waals surface area contributed by atoms with Gasteiger partial charge in [0.05, 0.1) is 32.9 Å². The molecular formula is C25H28FN2O5+. The van der Waals surface area contributed by atoms with Crippen molar-refractivity contribution >= 4 is 17.5 Å². The van der Waals surface area contributed by atoms with Crippen LogP contribution >= 0.6 is 0 Å². The molecule has 0 radical (unpaired) electrons. The zero-order valence-corrected chi connectivity index (χ0v) is 18.6. The number of morpholine rings is 1. The third-order valence-electron chi connectivity index (χ3n) is 6.38. The molecule has 2 aromatic rings. The van der Waals surface area contributed by atoms with Gasteiger partial charge in [-0.15, -0.1) is 0 Å². The monoisotopic (exact) mass is 455 g/mol. The van der Waals surface area contributed by atoms with Crippen LogP contribution in [0, 0.1) is 11.7 Å². The van der Waals surface area contributed by atoms with Crippen molar-refractivity contribution in [3.8, 4) is 5.75 Å². The molecule has 0 aromatic heterocycles. The summed E-state index contributed by atoms with van der Waals surface area (Å²) in [5, 5.41) is 0. The summed E-state index contributed by atoms with van der Waals surface area (Å²) in [6.45, 7) is 4.48. The summed E-state index contributed by atoms with van der Waals surface area (Å²) in [4.78, 5) is 42.4. The van der Waals surface area contributed by atoms with E-state index >= 15 is 0 Å². The van der Waals surface area contributed by atoms with Gasteiger partial charge in [0.15, 0.2) is 5.78 Å². The summed E-state index contributed by atoms with van der Waals surface area (Å²) < 4.78 is 24.1. The van der Waals surface area contributed by atoms with Crippen molar-refractivity contribution in [1.82, 2.24) is 4.90 Å². The third-order valence-corrected chi connectivity index (χ3v) is 6.38. The largest absolute Gasteiger partial charge is 0.497 e. The number of carbonyl (C=O) groups is 3. The average molecular weight is 456 g/mol. The van der Waals surface area contributed by atoms with Gasteiger partial charge >= 0.3 is 0 Å². The van der Waals surface area contributed by atoms with E-state index in [0.717, 1.165) is 32.8 Å². The molecule has 174 valence electrons. The highest BCUT2D eigenvalue weighted by atomic mass is 19.1. The van der Waals surface area contributed by atoms with Crippen LogP contribution in [0.3, 0.4) is 0 Å². The zero-order chi connectivity index (χ0) is 23.4. The maximum atomic E-state index is 13.4. The number of methoxy groups -OCH3 is 1. The molecule has 0 spiro atoms. The molecule has 2 unspecified atom stereocenters. The van der Waals surface area contributed by atoms with Gasteiger partial charge in [0.2, 0.25) is 5.78 Å². The zero-order valence-electron chi connectivity index (χ0n) is 18.6. The van der Waals surface area contributed by atoms with E-state index in [1.165, 1.54) is 41.2 Å². The highest BCUT2D eigenvalue weighted by Crippen LogP contribution is 2.39. The number of quaternary nitrogens is 1. The molecule has 2 aliphatic rings. The van der Waals surface area contributed by atoms with Gasteiger partial charge in [-0.05, 0) is 42.0 Å². The lowest BCUT2D eigenvalue weighted by Crippen LogP contribution is -3.14. The van der Waals surface area contributed by atoms with Crippen LogP contribution in [0.1, 0.15) is 28.4 Å². The number of nitrogens with one attached hydrogen (secondary N) is 1. The predicted octanol–water partition coefficient (Wildman–Crippen LogP) is 1.09. The van der Waals surface area contributed by atoms with Crippen molar-refractivity contribution in [2.24, 2.45) is 5.92 Å². The van der Waals surface area contributed by atoms with E-state index in [1.54, 1.807) is 24.3 Å². The molecule has 1 N–H and O–H groups in total. The number of ketones is 2. The van der Waals surface area contributed by atoms with Crippen molar-refractivity contribution in [2.75, 3.05) is 46.5 Å². The molecule has 0 aliphatic carbocycles. The first-order valence-corrected chi connectivity index (χ1v) is 11.2. The van der Waals surface area contributed by atoms with E-state index in [0.29, 0.717) is 24.3 Å². The molecule has 33 heavy (non-hydrogen) atoms. The summed E-state index contributed by atoms with van der Waals surface area (Å²) in [5.41, 5.74) is 0.864. The number of hydrogen-bond acceptors (Lipinski definition) is 5. The van der Waals surface area contributed by atoms with Crippen LogP contribution in [-0.2, 0) is 14.3 Å². The molecule has 2 fully saturated rings. The summed E-state index contributed by atoms with van der Waals surface area (Å²) in [7, 11) is 1.54. The van der Waals surface area contributed by atoms with Crippen LogP contribution in [0.5, 0.6) is 5.75 Å². The van der Waals surface area contributed by atoms with Gasteiger partial charge in [-0.3, -0.25) is 14.4 Å². The molecule has 4 rings (SSSR count). The van der Waals surface area contributed by atoms with Crippen LogP contribution in [-0.4, -0.2) is 68.9 Å². The summed E-state index contributed by atoms with van der Waals surface area (Å²) >= 11 is 0. The predicted molar refractivity (Wildman–Crippen MR) is 118 cm³/mol. The first kappa shape index (κ1) is 23.1. The topological polar surface area (TPSA) is 77.4 Å². The summed E-state index contributed by atoms with van der Waals surface area (Å²) in [6, 6.07) is 11.4. The van der Waals surface area contributed by atoms with E-state index in [4.69, 9.17) is 9.47 Å². The van der Waals surface area contributed by atoms with E-state index in [1.807, 2.05) is 0 Å². The first-order valence-electron chi connectivity index (χ1n) is 11.2. The second-order valence-electron chi connectivity index (χ2n) is 8.40. The Morgan fingerprint density at radius 3 is 2.58 bits per heavy atom. The van der Waals surface area contributed by atoms with Crippen LogP contribution in [0.4, 0.5) is 4.39 Å². The fraction of sp³-hybridized carbons (Fsp3) is 0.400. The van der Waals surface area contributed by atoms with Crippen molar-refractivity contribution < 1.29 is 33.1 Å². The number of Topliss-reactive ketones (excluding diaryl/α,β-unsaturated/α-hetero) is 2. The van der Waals surface area contributed by atoms with Crippen LogP contribution in [0.25, 0.3) is 0 Å². The highest BCUT2D eigenvalue weighted by molar-refractivity contribution is 6.44. The number of likely N-dealkylation sites (tertiary alicyclic amines) is 1. The molecule has 2 aliphatic heterocycles. The van der Waals surface area contributed by atoms with Gasteiger partial charge in [-0.25, -0.2) is 4.39 Å². The quantitative estimate of drug-likeness (QED) is 0.366. The first-order chi connectivity index (χ1) is 16.0. The van der Waals surface area contributed by atoms with E-state index < -0.39 is 35.3 Å². The van der Waals surface area contributed by atoms with Gasteiger partial charge in [0, 0.05) is 18.5 Å². The number of halogens is 1. The Hall–Kier alpha value is -3.10. The lowest BCUT2D eigenvalue weighted by atomic mass is 9.86. The van der Waals surface area contributed by atoms with Crippen LogP contribution in [0.15, 0.2) is 48.5 Å². The van der Waals surface area contributed by atoms with E-state index in [-0.39, 0.29) is 5.56 Å². The minimum atomic E-state index is -1.19. The maximum absolute atomic E-state index is 13.4. The van der Waals surface area contributed by atoms with Gasteiger partial charge in [-0.1, -0.05) is 12.1 Å². The second-order valence-corrected chi connectivity index (χ2v) is 8.40. The molecule has 0 bridgehead atoms. The Morgan fingerprint density at radius 1 is 1.15 bits per heavy atom. The van der Waals surface area contributed by atoms with Gasteiger partial charge in [0.25, 0.3) is 5.91 Å². The lowest BCUT2D eigenvalue weighted by molar-refractivity contribution is -0.908. The van der Waals surface area contributed by atoms with Crippen LogP contribution in [0.2, 0.25) is 0 Å². The Bertz CT molecular complexity index is 1020. The molecule has 8 heteroatoms. The number of carbonyl (C=O) groups excluding carboxylic acids is 3. The standard InChI is InChI=1S/C25H27FN2O5/c1-32-20-5-2-4-18(16-20)22-21(23(29)17-6-8-19(26)9-7-17)24(30)25(31)28(22)11-3-10-27-12-14-33-15-13-27/h2,4-9,16,21-22H,3,10-15H2,1H3/p+1. The SMILES string of the molecule is COc1cccc(C2C(C(=O)c3ccc(F)cc3)C(=O)C(=O)N2CCC[NH+]2CCOCC2)c1. The summed E-state index contributed by atoms with van der Waals surface area (Å²) in [5.74, 6) is -2.95. The van der Waals surface area contributed by atoms with Crippen molar-refractivity contribution in [3.63, 3.8) is 0 Å². The fourth-order valence-electron chi connectivity index (χ4n) is 4.63. The Kier molecular flexibility index (Phi) is 7.15. The second kappa shape index (κ2) is 10.2. The fourth-order valence-corrected chi connectivity index (χ4v) is 4.63. The Labute approximate surface area is 192 Å². The van der Waals surface area contributed by atoms with Crippen molar-refractivity contribution in [3.05, 3.63) is 65.5 Å². The summed E-state index contributed by atoms with van der Waals surface area (Å²) in [6.07, 6.45) is 0.701. The molecule has 7 nitrogen and oxygen atoms in total. The highest BCUT2D eigenvalue weighted by Gasteiger charge is 2.51. The number of amides is 1. The Balaban J connectivity index is 1.62. The number of nitrogens with zero attached hydrogens (tertiary/aromatic N) is 1. The maximum Gasteiger partial charge on any atom is 0.291 e. The van der Waals surface area contributed by atoms with Gasteiger partial charge in [-0.2, -0.15) is 0 Å². The van der Waals surface area contributed by atoms with E-state index in [9.17, 15) is 18.8 Å². The van der Waals surface area contributed by atoms with Crippen molar-refractivity contribution in [1.29, 1.82) is 0 Å². The minimum Gasteiger partial charge on any atom is -0.497 e. The van der Waals surface area contributed by atoms with Gasteiger partial charge in [0.1, 0.15) is 30.6 Å². The number of ether oxygens (including phenoxy) is 2. The number of benzene rings is 2. The molecule has 2 aromatic carbocycles. The molecular weight excluding hydrogens is 427 g/mol. The molecule has 0 saturated carbocycles. The van der Waals surface area contributed by atoms with Crippen LogP contribution < -0.4 is 9.64 Å². The number of hydrogen-bond donors (Lipinski definition) is 1. The van der Waals surface area contributed by atoms with Crippen molar-refractivity contribution in [2.45, 2.75) is 12.5 Å². The van der Waals surface area contributed by atoms with E-state index in [2.05, 4.69) is 0 Å². The molecule has 2 atom stereocenters. The Morgan fingerprint density at radius 2 is 1.88 bits per heavy atom. The lowest BCUT2D eigenvalue weighted by Gasteiger charge is -2.29. The molecule has 1 amide bonds.